The van der Waals surface area contributed by atoms with Gasteiger partial charge in [0, 0.05) is 44.5 Å². The number of aliphatic hydroxyl groups excluding tert-OH is 1. The van der Waals surface area contributed by atoms with Crippen LogP contribution in [0.25, 0.3) is 0 Å². The number of carbonyl (C=O) groups excluding carboxylic acids is 2. The van der Waals surface area contributed by atoms with Gasteiger partial charge in [-0.3, -0.25) is 19.8 Å². The number of carbonyl (C=O) groups is 2. The van der Waals surface area contributed by atoms with Gasteiger partial charge < -0.3 is 25.7 Å². The molecule has 3 heterocycles. The van der Waals surface area contributed by atoms with Gasteiger partial charge in [-0.25, -0.2) is 0 Å². The molecule has 0 spiro atoms. The molecule has 0 radical (unpaired) electrons. The van der Waals surface area contributed by atoms with Crippen LogP contribution in [0.5, 0.6) is 5.75 Å². The first-order valence-electron chi connectivity index (χ1n) is 19.6. The number of alkyl halides is 3. The standard InChI is InChI=1S/C40H53ClF3N5O4/c41-32-21-26(20-31(37(32)51)40(42,43)44)22-34(39(53)49-17-15-48(16-18-49)35-23-45-14-13-27-10-11-28(27)35)46-36(50)12-9-24-5-7-25(8-6-24)19-30-29-3-1-2-4-33(29)47-38(30)52/h1-4,20-21,24-25,27-28,30,34-36,45-46,50-51H,5-19,22-23H2,(H,47,52)/t24?,25?,27?,28?,30?,34-,35?,36?/m1/s1. The molecule has 2 saturated carbocycles. The first-order chi connectivity index (χ1) is 25.4. The Morgan fingerprint density at radius 2 is 1.74 bits per heavy atom. The normalized spacial score (nSPS) is 29.0. The molecule has 5 N–H and O–H groups in total. The van der Waals surface area contributed by atoms with Crippen molar-refractivity contribution >= 4 is 29.1 Å². The van der Waals surface area contributed by atoms with E-state index < -0.39 is 34.8 Å². The average molecular weight is 760 g/mol. The van der Waals surface area contributed by atoms with Crippen LogP contribution >= 0.6 is 11.6 Å². The number of hydrogen-bond acceptors (Lipinski definition) is 7. The second-order valence-electron chi connectivity index (χ2n) is 16.2. The third kappa shape index (κ3) is 8.82. The Kier molecular flexibility index (Phi) is 11.9. The number of fused-ring (bicyclic) bond motifs is 2. The topological polar surface area (TPSA) is 117 Å². The zero-order valence-corrected chi connectivity index (χ0v) is 31.0. The zero-order valence-electron chi connectivity index (χ0n) is 30.2. The maximum absolute atomic E-state index is 14.1. The van der Waals surface area contributed by atoms with Crippen molar-refractivity contribution in [2.24, 2.45) is 23.7 Å². The fourth-order valence-corrected chi connectivity index (χ4v) is 10.0. The summed E-state index contributed by atoms with van der Waals surface area (Å²) in [4.78, 5) is 31.0. The van der Waals surface area contributed by atoms with E-state index in [0.717, 1.165) is 87.9 Å². The van der Waals surface area contributed by atoms with E-state index in [-0.39, 0.29) is 29.7 Å². The highest BCUT2D eigenvalue weighted by molar-refractivity contribution is 6.32. The maximum Gasteiger partial charge on any atom is 0.420 e. The number of halogens is 4. The van der Waals surface area contributed by atoms with Crippen molar-refractivity contribution in [1.29, 1.82) is 0 Å². The lowest BCUT2D eigenvalue weighted by atomic mass is 9.68. The molecule has 3 aliphatic heterocycles. The van der Waals surface area contributed by atoms with Gasteiger partial charge in [0.25, 0.3) is 0 Å². The SMILES string of the molecule is O=C1Nc2ccccc2C1CC1CCC(CCC(O)N[C@H](Cc2cc(Cl)c(O)c(C(F)(F)F)c2)C(=O)N2CCN(C3CNCCC4CCC43)CC2)CC1. The molecule has 0 bridgehead atoms. The first kappa shape index (κ1) is 38.4. The quantitative estimate of drug-likeness (QED) is 0.175. The molecule has 0 aromatic heterocycles. The predicted molar refractivity (Wildman–Crippen MR) is 198 cm³/mol. The van der Waals surface area contributed by atoms with Crippen molar-refractivity contribution in [2.45, 2.75) is 101 Å². The van der Waals surface area contributed by atoms with Gasteiger partial charge in [0.15, 0.2) is 0 Å². The summed E-state index contributed by atoms with van der Waals surface area (Å²) in [5, 5.41) is 30.5. The summed E-state index contributed by atoms with van der Waals surface area (Å²) >= 11 is 6.05. The van der Waals surface area contributed by atoms with Gasteiger partial charge in [-0.2, -0.15) is 13.2 Å². The Bertz CT molecular complexity index is 1610. The van der Waals surface area contributed by atoms with Gasteiger partial charge in [-0.15, -0.1) is 0 Å². The number of phenols is 1. The van der Waals surface area contributed by atoms with Crippen molar-refractivity contribution in [3.63, 3.8) is 0 Å². The van der Waals surface area contributed by atoms with Crippen molar-refractivity contribution < 1.29 is 33.0 Å². The second kappa shape index (κ2) is 16.5. The fraction of sp³-hybridized carbons (Fsp3) is 0.650. The van der Waals surface area contributed by atoms with E-state index >= 15 is 0 Å². The Hall–Kier alpha value is -2.90. The minimum Gasteiger partial charge on any atom is -0.506 e. The predicted octanol–water partition coefficient (Wildman–Crippen LogP) is 6.13. The van der Waals surface area contributed by atoms with E-state index in [2.05, 4.69) is 20.9 Å². The lowest BCUT2D eigenvalue weighted by Crippen LogP contribution is -2.60. The smallest absolute Gasteiger partial charge is 0.420 e. The van der Waals surface area contributed by atoms with Gasteiger partial charge >= 0.3 is 6.18 Å². The fourth-order valence-electron chi connectivity index (χ4n) is 9.79. The summed E-state index contributed by atoms with van der Waals surface area (Å²) in [6.45, 7) is 4.44. The molecule has 7 rings (SSSR count). The lowest BCUT2D eigenvalue weighted by Gasteiger charge is -2.47. The number of anilines is 1. The molecule has 290 valence electrons. The zero-order chi connectivity index (χ0) is 37.3. The van der Waals surface area contributed by atoms with Crippen molar-refractivity contribution in [3.05, 3.63) is 58.1 Å². The Morgan fingerprint density at radius 1 is 1.00 bits per heavy atom. The third-order valence-electron chi connectivity index (χ3n) is 13.0. The summed E-state index contributed by atoms with van der Waals surface area (Å²) in [5.41, 5.74) is 0.882. The number of hydrogen-bond donors (Lipinski definition) is 5. The summed E-state index contributed by atoms with van der Waals surface area (Å²) in [6, 6.07) is 9.44. The molecule has 9 nitrogen and oxygen atoms in total. The van der Waals surface area contributed by atoms with Gasteiger partial charge in [-0.05, 0) is 104 Å². The van der Waals surface area contributed by atoms with Gasteiger partial charge in [0.05, 0.1) is 22.5 Å². The third-order valence-corrected chi connectivity index (χ3v) is 13.3. The molecular weight excluding hydrogens is 707 g/mol. The van der Waals surface area contributed by atoms with E-state index in [0.29, 0.717) is 43.3 Å². The number of rotatable bonds is 11. The number of nitrogens with zero attached hydrogens (tertiary/aromatic N) is 2. The van der Waals surface area contributed by atoms with Gasteiger partial charge in [0.1, 0.15) is 12.0 Å². The molecule has 4 fully saturated rings. The van der Waals surface area contributed by atoms with Crippen LogP contribution in [0.3, 0.4) is 0 Å². The highest BCUT2D eigenvalue weighted by Gasteiger charge is 2.42. The molecule has 5 aliphatic rings. The number of aliphatic hydroxyl groups is 1. The molecule has 53 heavy (non-hydrogen) atoms. The number of aromatic hydroxyl groups is 1. The molecule has 6 atom stereocenters. The van der Waals surface area contributed by atoms with Gasteiger partial charge in [-0.1, -0.05) is 55.5 Å². The van der Waals surface area contributed by atoms with Crippen LogP contribution in [0.15, 0.2) is 36.4 Å². The number of phenolic OH excluding ortho intramolecular Hbond substituents is 1. The van der Waals surface area contributed by atoms with E-state index in [4.69, 9.17) is 11.6 Å². The number of nitrogens with one attached hydrogen (secondary N) is 3. The van der Waals surface area contributed by atoms with Crippen LogP contribution in [0.4, 0.5) is 18.9 Å². The van der Waals surface area contributed by atoms with Crippen LogP contribution in [-0.4, -0.2) is 89.4 Å². The highest BCUT2D eigenvalue weighted by Crippen LogP contribution is 2.44. The van der Waals surface area contributed by atoms with Crippen molar-refractivity contribution in [2.75, 3.05) is 44.6 Å². The Morgan fingerprint density at radius 3 is 2.45 bits per heavy atom. The Labute approximate surface area is 315 Å². The lowest BCUT2D eigenvalue weighted by molar-refractivity contribution is -0.138. The molecule has 2 aromatic rings. The van der Waals surface area contributed by atoms with Crippen LogP contribution in [-0.2, 0) is 22.2 Å². The molecule has 2 aromatic carbocycles. The molecule has 5 unspecified atom stereocenters. The summed E-state index contributed by atoms with van der Waals surface area (Å²) in [6.07, 6.45) is 3.71. The number of para-hydroxylation sites is 1. The molecule has 2 aliphatic carbocycles. The van der Waals surface area contributed by atoms with E-state index in [1.807, 2.05) is 24.3 Å². The van der Waals surface area contributed by atoms with E-state index in [9.17, 15) is 33.0 Å². The molecule has 13 heteroatoms. The van der Waals surface area contributed by atoms with E-state index in [1.54, 1.807) is 4.90 Å². The number of piperazine rings is 1. The van der Waals surface area contributed by atoms with Crippen LogP contribution in [0.1, 0.15) is 86.8 Å². The van der Waals surface area contributed by atoms with Crippen LogP contribution < -0.4 is 16.0 Å². The Balaban J connectivity index is 0.957. The highest BCUT2D eigenvalue weighted by atomic mass is 35.5. The van der Waals surface area contributed by atoms with Crippen molar-refractivity contribution in [1.82, 2.24) is 20.4 Å². The van der Waals surface area contributed by atoms with Crippen LogP contribution in [0.2, 0.25) is 5.02 Å². The first-order valence-corrected chi connectivity index (χ1v) is 20.0. The van der Waals surface area contributed by atoms with Crippen molar-refractivity contribution in [3.8, 4) is 5.75 Å². The monoisotopic (exact) mass is 759 g/mol. The summed E-state index contributed by atoms with van der Waals surface area (Å²) < 4.78 is 41.3. The molecule has 2 amide bonds. The number of benzene rings is 2. The number of amides is 2. The summed E-state index contributed by atoms with van der Waals surface area (Å²) in [5.74, 6) is 0.942. The van der Waals surface area contributed by atoms with Crippen LogP contribution in [0, 0.1) is 23.7 Å². The molecule has 2 saturated heterocycles. The minimum absolute atomic E-state index is 0.0708. The molecular formula is C40H53ClF3N5O4. The second-order valence-corrected chi connectivity index (χ2v) is 16.6. The summed E-state index contributed by atoms with van der Waals surface area (Å²) in [7, 11) is 0. The largest absolute Gasteiger partial charge is 0.506 e. The van der Waals surface area contributed by atoms with Gasteiger partial charge in [0.2, 0.25) is 11.8 Å². The van der Waals surface area contributed by atoms with E-state index in [1.165, 1.54) is 25.3 Å². The maximum atomic E-state index is 14.1. The average Bonchev–Trinajstić information content (AvgIpc) is 3.35. The minimum atomic E-state index is -4.83.